The van der Waals surface area contributed by atoms with Gasteiger partial charge in [0, 0.05) is 24.9 Å². The van der Waals surface area contributed by atoms with Crippen LogP contribution in [0.4, 0.5) is 0 Å². The first-order chi connectivity index (χ1) is 10.7. The Hall–Kier alpha value is -0.700. The van der Waals surface area contributed by atoms with Gasteiger partial charge < -0.3 is 14.6 Å². The second-order valence-corrected chi connectivity index (χ2v) is 6.54. The highest BCUT2D eigenvalue weighted by molar-refractivity contribution is 14.0. The third kappa shape index (κ3) is 3.01. The molecule has 0 saturated carbocycles. The first kappa shape index (κ1) is 17.1. The van der Waals surface area contributed by atoms with Crippen molar-refractivity contribution in [1.82, 2.24) is 4.90 Å². The van der Waals surface area contributed by atoms with Crippen LogP contribution >= 0.6 is 24.0 Å². The van der Waals surface area contributed by atoms with E-state index in [4.69, 9.17) is 9.47 Å². The van der Waals surface area contributed by atoms with Crippen LogP contribution in [0.25, 0.3) is 0 Å². The van der Waals surface area contributed by atoms with Crippen LogP contribution in [0.3, 0.4) is 0 Å². The summed E-state index contributed by atoms with van der Waals surface area (Å²) in [6, 6.07) is 10.1. The number of aliphatic hydroxyl groups excluding tert-OH is 1. The van der Waals surface area contributed by atoms with Crippen molar-refractivity contribution in [1.29, 1.82) is 0 Å². The van der Waals surface area contributed by atoms with E-state index in [-0.39, 0.29) is 42.7 Å². The topological polar surface area (TPSA) is 62.3 Å². The molecule has 6 heteroatoms. The van der Waals surface area contributed by atoms with E-state index < -0.39 is 5.92 Å². The normalized spacial score (nSPS) is 35.8. The van der Waals surface area contributed by atoms with E-state index in [1.807, 2.05) is 30.3 Å². The lowest BCUT2D eigenvalue weighted by molar-refractivity contribution is -0.156. The molecule has 0 spiro atoms. The molecule has 23 heavy (non-hydrogen) atoms. The molecule has 1 aromatic carbocycles. The Morgan fingerprint density at radius 3 is 2.48 bits per heavy atom. The molecule has 6 atom stereocenters. The average molecular weight is 431 g/mol. The number of carbonyl (C=O) groups is 1. The highest BCUT2D eigenvalue weighted by Gasteiger charge is 2.62. The van der Waals surface area contributed by atoms with Crippen molar-refractivity contribution in [3.63, 3.8) is 0 Å². The van der Waals surface area contributed by atoms with Gasteiger partial charge in [-0.25, -0.2) is 0 Å². The molecule has 1 aromatic rings. The fourth-order valence-corrected chi connectivity index (χ4v) is 4.04. The van der Waals surface area contributed by atoms with Crippen LogP contribution in [-0.2, 0) is 14.3 Å². The molecule has 0 amide bonds. The number of carbonyl (C=O) groups excluding carboxylic acids is 1. The summed E-state index contributed by atoms with van der Waals surface area (Å²) in [5, 5.41) is 9.56. The summed E-state index contributed by atoms with van der Waals surface area (Å²) in [5.74, 6) is -0.915. The maximum atomic E-state index is 12.4. The Labute approximate surface area is 153 Å². The lowest BCUT2D eigenvalue weighted by Gasteiger charge is -2.38. The lowest BCUT2D eigenvalue weighted by Crippen LogP contribution is -2.48. The van der Waals surface area contributed by atoms with Crippen molar-refractivity contribution in [2.45, 2.75) is 49.2 Å². The number of aliphatic hydroxyl groups is 1. The third-order valence-corrected chi connectivity index (χ3v) is 5.33. The van der Waals surface area contributed by atoms with Crippen molar-refractivity contribution in [3.05, 3.63) is 35.9 Å². The van der Waals surface area contributed by atoms with Gasteiger partial charge in [0.15, 0.2) is 0 Å². The maximum Gasteiger partial charge on any atom is 0.316 e. The molecule has 1 unspecified atom stereocenters. The molecule has 4 rings (SSSR count). The van der Waals surface area contributed by atoms with E-state index in [0.717, 1.165) is 18.4 Å². The number of benzene rings is 1. The van der Waals surface area contributed by atoms with Crippen molar-refractivity contribution in [3.8, 4) is 0 Å². The predicted molar refractivity (Wildman–Crippen MR) is 94.8 cm³/mol. The standard InChI is InChI=1S/C17H21NO4.HI/c1-18-13-7-11(8-14(18)16-15(13)22-16)21-17(20)12(9-19)10-5-3-2-4-6-10;/h2-6,11-16,19H,7-9H2,1H3;1H/t11?,12-,13-,14+,15-,16+;/m1./s1. The van der Waals surface area contributed by atoms with Crippen LogP contribution in [0, 0.1) is 0 Å². The van der Waals surface area contributed by atoms with Crippen molar-refractivity contribution >= 4 is 29.9 Å². The van der Waals surface area contributed by atoms with Crippen LogP contribution in [0.5, 0.6) is 0 Å². The number of hydrogen-bond acceptors (Lipinski definition) is 5. The van der Waals surface area contributed by atoms with E-state index in [9.17, 15) is 9.90 Å². The molecular formula is C17H22INO4. The van der Waals surface area contributed by atoms with Crippen LogP contribution < -0.4 is 0 Å². The highest BCUT2D eigenvalue weighted by atomic mass is 127. The van der Waals surface area contributed by atoms with Gasteiger partial charge in [-0.05, 0) is 12.6 Å². The highest BCUT2D eigenvalue weighted by Crippen LogP contribution is 2.48. The summed E-state index contributed by atoms with van der Waals surface area (Å²) < 4.78 is 11.4. The van der Waals surface area contributed by atoms with E-state index in [2.05, 4.69) is 11.9 Å². The SMILES string of the molecule is CN1[C@@H]2CC(OC(=O)[C@H](CO)c3ccccc3)C[C@H]1[C@@H]1O[C@@H]12.I. The molecule has 3 heterocycles. The first-order valence-electron chi connectivity index (χ1n) is 7.92. The minimum Gasteiger partial charge on any atom is -0.462 e. The van der Waals surface area contributed by atoms with Gasteiger partial charge >= 0.3 is 5.97 Å². The Kier molecular flexibility index (Phi) is 4.96. The maximum absolute atomic E-state index is 12.4. The smallest absolute Gasteiger partial charge is 0.316 e. The van der Waals surface area contributed by atoms with Gasteiger partial charge in [-0.15, -0.1) is 24.0 Å². The lowest BCUT2D eigenvalue weighted by atomic mass is 9.97. The first-order valence-corrected chi connectivity index (χ1v) is 7.92. The molecule has 126 valence electrons. The minimum absolute atomic E-state index is 0. The number of fused-ring (bicyclic) bond motifs is 5. The van der Waals surface area contributed by atoms with Gasteiger partial charge in [0.1, 0.15) is 24.2 Å². The number of piperidine rings is 1. The molecule has 0 aliphatic carbocycles. The summed E-state index contributed by atoms with van der Waals surface area (Å²) >= 11 is 0. The van der Waals surface area contributed by atoms with Crippen molar-refractivity contribution in [2.75, 3.05) is 13.7 Å². The van der Waals surface area contributed by atoms with Gasteiger partial charge in [-0.2, -0.15) is 0 Å². The van der Waals surface area contributed by atoms with Gasteiger partial charge in [0.05, 0.1) is 6.61 Å². The number of likely N-dealkylation sites (N-methyl/N-ethyl adjacent to an activating group) is 1. The fourth-order valence-electron chi connectivity index (χ4n) is 4.04. The Bertz CT molecular complexity index is 551. The molecule has 3 saturated heterocycles. The van der Waals surface area contributed by atoms with Crippen molar-refractivity contribution in [2.24, 2.45) is 0 Å². The van der Waals surface area contributed by atoms with Crippen molar-refractivity contribution < 1.29 is 19.4 Å². The molecule has 0 radical (unpaired) electrons. The second-order valence-electron chi connectivity index (χ2n) is 6.54. The Balaban J connectivity index is 0.00000156. The van der Waals surface area contributed by atoms with Gasteiger partial charge in [-0.3, -0.25) is 9.69 Å². The van der Waals surface area contributed by atoms with Crippen LogP contribution in [-0.4, -0.2) is 60.0 Å². The monoisotopic (exact) mass is 431 g/mol. The molecule has 3 fully saturated rings. The zero-order chi connectivity index (χ0) is 15.3. The number of nitrogens with zero attached hydrogens (tertiary/aromatic N) is 1. The minimum atomic E-state index is -0.593. The number of epoxide rings is 1. The van der Waals surface area contributed by atoms with Crippen LogP contribution in [0.1, 0.15) is 24.3 Å². The number of esters is 1. The third-order valence-electron chi connectivity index (χ3n) is 5.33. The molecule has 1 N–H and O–H groups in total. The summed E-state index contributed by atoms with van der Waals surface area (Å²) in [5.41, 5.74) is 0.803. The quantitative estimate of drug-likeness (QED) is 0.445. The number of hydrogen-bond donors (Lipinski definition) is 1. The molecule has 3 aliphatic rings. The fraction of sp³-hybridized carbons (Fsp3) is 0.588. The van der Waals surface area contributed by atoms with E-state index in [1.54, 1.807) is 0 Å². The van der Waals surface area contributed by atoms with Crippen LogP contribution in [0.2, 0.25) is 0 Å². The Morgan fingerprint density at radius 1 is 1.30 bits per heavy atom. The Morgan fingerprint density at radius 2 is 1.91 bits per heavy atom. The van der Waals surface area contributed by atoms with E-state index in [1.165, 1.54) is 0 Å². The zero-order valence-corrected chi connectivity index (χ0v) is 15.3. The molecule has 2 bridgehead atoms. The summed E-state index contributed by atoms with van der Waals surface area (Å²) in [6.07, 6.45) is 2.26. The van der Waals surface area contributed by atoms with Gasteiger partial charge in [0.2, 0.25) is 0 Å². The van der Waals surface area contributed by atoms with Gasteiger partial charge in [0.25, 0.3) is 0 Å². The number of ether oxygens (including phenoxy) is 2. The van der Waals surface area contributed by atoms with E-state index in [0.29, 0.717) is 24.3 Å². The summed E-state index contributed by atoms with van der Waals surface area (Å²) in [4.78, 5) is 14.8. The van der Waals surface area contributed by atoms with Gasteiger partial charge in [-0.1, -0.05) is 30.3 Å². The largest absolute Gasteiger partial charge is 0.462 e. The van der Waals surface area contributed by atoms with E-state index >= 15 is 0 Å². The number of rotatable bonds is 4. The summed E-state index contributed by atoms with van der Waals surface area (Å²) in [6.45, 7) is -0.226. The average Bonchev–Trinajstić information content (AvgIpc) is 3.27. The molecule has 5 nitrogen and oxygen atoms in total. The molecular weight excluding hydrogens is 409 g/mol. The molecule has 3 aliphatic heterocycles. The summed E-state index contributed by atoms with van der Waals surface area (Å²) in [7, 11) is 2.13. The van der Waals surface area contributed by atoms with Crippen LogP contribution in [0.15, 0.2) is 30.3 Å². The molecule has 0 aromatic heterocycles. The number of halogens is 1. The number of morpholine rings is 1. The zero-order valence-electron chi connectivity index (χ0n) is 13.0. The predicted octanol–water partition coefficient (Wildman–Crippen LogP) is 1.54. The second kappa shape index (κ2) is 6.66.